The zero-order valence-electron chi connectivity index (χ0n) is 25.2. The predicted octanol–water partition coefficient (Wildman–Crippen LogP) is 3.74. The van der Waals surface area contributed by atoms with E-state index in [1.165, 1.54) is 23.8 Å². The third-order valence-electron chi connectivity index (χ3n) is 8.03. The van der Waals surface area contributed by atoms with E-state index in [0.29, 0.717) is 22.8 Å². The zero-order chi connectivity index (χ0) is 31.6. The van der Waals surface area contributed by atoms with E-state index >= 15 is 0 Å². The average molecular weight is 623 g/mol. The number of piperazine rings is 1. The summed E-state index contributed by atoms with van der Waals surface area (Å²) in [5, 5.41) is 3.64. The van der Waals surface area contributed by atoms with Crippen molar-refractivity contribution in [2.75, 3.05) is 37.3 Å². The summed E-state index contributed by atoms with van der Waals surface area (Å²) in [4.78, 5) is 40.5. The van der Waals surface area contributed by atoms with Crippen molar-refractivity contribution in [3.8, 4) is 5.69 Å². The Bertz CT molecular complexity index is 2000. The van der Waals surface area contributed by atoms with Gasteiger partial charge in [0.25, 0.3) is 11.5 Å². The number of anilines is 1. The molecule has 1 fully saturated rings. The molecule has 0 saturated carbocycles. The number of carbonyl (C=O) groups is 1. The van der Waals surface area contributed by atoms with Gasteiger partial charge in [-0.25, -0.2) is 13.4 Å². The normalized spacial score (nSPS) is 14.0. The molecular weight excluding hydrogens is 588 g/mol. The van der Waals surface area contributed by atoms with E-state index in [0.717, 1.165) is 55.6 Å². The number of carbonyl (C=O) groups excluding carboxylic acids is 1. The molecule has 2 aromatic heterocycles. The highest BCUT2D eigenvalue weighted by molar-refractivity contribution is 7.90. The fourth-order valence-electron chi connectivity index (χ4n) is 5.49. The summed E-state index contributed by atoms with van der Waals surface area (Å²) in [6.45, 7) is 6.39. The molecule has 1 N–H and O–H groups in total. The van der Waals surface area contributed by atoms with Gasteiger partial charge in [0.15, 0.2) is 15.5 Å². The van der Waals surface area contributed by atoms with Crippen LogP contribution in [-0.4, -0.2) is 66.2 Å². The molecule has 230 valence electrons. The maximum Gasteiger partial charge on any atom is 0.256 e. The summed E-state index contributed by atoms with van der Waals surface area (Å²) in [6.07, 6.45) is 1.15. The first kappa shape index (κ1) is 30.2. The highest BCUT2D eigenvalue weighted by Gasteiger charge is 2.21. The fraction of sp³-hybridized carbons (Fsp3) is 0.235. The molecule has 1 aliphatic heterocycles. The topological polar surface area (TPSA) is 118 Å². The molecule has 0 aliphatic carbocycles. The number of pyridine rings is 1. The van der Waals surface area contributed by atoms with Gasteiger partial charge in [-0.05, 0) is 60.5 Å². The van der Waals surface area contributed by atoms with Crippen LogP contribution in [0.1, 0.15) is 27.2 Å². The second kappa shape index (κ2) is 12.6. The lowest BCUT2D eigenvalue weighted by molar-refractivity contribution is 0.0951. The quantitative estimate of drug-likeness (QED) is 0.278. The zero-order valence-corrected chi connectivity index (χ0v) is 26.0. The molecule has 11 heteroatoms. The molecule has 5 aromatic rings. The lowest BCUT2D eigenvalue weighted by atomic mass is 10.1. The summed E-state index contributed by atoms with van der Waals surface area (Å²) >= 11 is 0. The number of fused-ring (bicyclic) bond motifs is 1. The van der Waals surface area contributed by atoms with E-state index in [-0.39, 0.29) is 22.9 Å². The number of aromatic nitrogens is 3. The van der Waals surface area contributed by atoms with Crippen LogP contribution in [0.15, 0.2) is 101 Å². The number of benzene rings is 3. The number of hydrogen-bond acceptors (Lipinski definition) is 8. The monoisotopic (exact) mass is 622 g/mol. The van der Waals surface area contributed by atoms with E-state index in [9.17, 15) is 18.0 Å². The van der Waals surface area contributed by atoms with Crippen LogP contribution in [0.4, 0.5) is 5.95 Å². The van der Waals surface area contributed by atoms with E-state index in [2.05, 4.69) is 39.4 Å². The van der Waals surface area contributed by atoms with Gasteiger partial charge in [-0.15, -0.1) is 0 Å². The maximum absolute atomic E-state index is 13.2. The van der Waals surface area contributed by atoms with Crippen LogP contribution in [0.25, 0.3) is 16.7 Å². The molecule has 0 bridgehead atoms. The third-order valence-corrected chi connectivity index (χ3v) is 9.15. The van der Waals surface area contributed by atoms with Gasteiger partial charge in [-0.2, -0.15) is 4.98 Å². The van der Waals surface area contributed by atoms with Crippen LogP contribution in [0, 0.1) is 6.92 Å². The van der Waals surface area contributed by atoms with E-state index in [1.807, 2.05) is 13.0 Å². The molecule has 0 radical (unpaired) electrons. The Balaban J connectivity index is 1.18. The predicted molar refractivity (Wildman–Crippen MR) is 175 cm³/mol. The summed E-state index contributed by atoms with van der Waals surface area (Å²) in [6, 6.07) is 26.9. The van der Waals surface area contributed by atoms with Gasteiger partial charge >= 0.3 is 0 Å². The number of rotatable bonds is 8. The van der Waals surface area contributed by atoms with Gasteiger partial charge in [-0.3, -0.25) is 19.1 Å². The second-order valence-corrected chi connectivity index (χ2v) is 13.3. The lowest BCUT2D eigenvalue weighted by Crippen LogP contribution is -2.46. The summed E-state index contributed by atoms with van der Waals surface area (Å²) in [5.74, 6) is 0.310. The molecule has 0 spiro atoms. The van der Waals surface area contributed by atoms with Crippen LogP contribution < -0.4 is 15.8 Å². The van der Waals surface area contributed by atoms with Gasteiger partial charge in [0.1, 0.15) is 0 Å². The van der Waals surface area contributed by atoms with E-state index in [1.54, 1.807) is 47.0 Å². The molecular formula is C34H34N6O4S. The minimum atomic E-state index is -3.28. The molecule has 3 aromatic carbocycles. The van der Waals surface area contributed by atoms with Crippen LogP contribution in [-0.2, 0) is 22.9 Å². The van der Waals surface area contributed by atoms with Crippen LogP contribution in [0.2, 0.25) is 0 Å². The summed E-state index contributed by atoms with van der Waals surface area (Å²) < 4.78 is 24.9. The highest BCUT2D eigenvalue weighted by atomic mass is 32.2. The van der Waals surface area contributed by atoms with Crippen molar-refractivity contribution in [3.63, 3.8) is 0 Å². The molecule has 1 aliphatic rings. The lowest BCUT2D eigenvalue weighted by Gasteiger charge is -2.35. The Morgan fingerprint density at radius 3 is 2.18 bits per heavy atom. The number of nitrogens with one attached hydrogen (secondary N) is 1. The number of hydrogen-bond donors (Lipinski definition) is 1. The molecule has 6 rings (SSSR count). The Kier molecular flexibility index (Phi) is 8.46. The SMILES string of the molecule is Cc1nc(N2CCN(Cc3ccccc3)CC2)nc2c1ccc(=O)n2-c1ccc(C(=O)NCc2ccc(S(C)(=O)=O)cc2)cc1. The van der Waals surface area contributed by atoms with Crippen molar-refractivity contribution in [1.82, 2.24) is 24.8 Å². The van der Waals surface area contributed by atoms with Gasteiger partial charge in [0.05, 0.1) is 16.3 Å². The highest BCUT2D eigenvalue weighted by Crippen LogP contribution is 2.22. The van der Waals surface area contributed by atoms with Crippen LogP contribution in [0.5, 0.6) is 0 Å². The first-order valence-corrected chi connectivity index (χ1v) is 16.6. The van der Waals surface area contributed by atoms with Gasteiger partial charge in [0, 0.05) is 62.5 Å². The van der Waals surface area contributed by atoms with Crippen molar-refractivity contribution >= 4 is 32.7 Å². The van der Waals surface area contributed by atoms with Crippen molar-refractivity contribution < 1.29 is 13.2 Å². The van der Waals surface area contributed by atoms with E-state index in [4.69, 9.17) is 9.97 Å². The minimum absolute atomic E-state index is 0.228. The fourth-order valence-corrected chi connectivity index (χ4v) is 6.12. The number of aryl methyl sites for hydroxylation is 1. The molecule has 0 unspecified atom stereocenters. The molecule has 1 amide bonds. The van der Waals surface area contributed by atoms with Crippen molar-refractivity contribution in [2.45, 2.75) is 24.9 Å². The summed E-state index contributed by atoms with van der Waals surface area (Å²) in [7, 11) is -3.28. The standard InChI is InChI=1S/C34H34N6O4S/c1-24-30-16-17-31(41)40(32(30)37-34(36-24)39-20-18-38(19-21-39)23-26-6-4-3-5-7-26)28-12-10-27(11-13-28)33(42)35-22-25-8-14-29(15-9-25)45(2,43)44/h3-17H,18-23H2,1-2H3,(H,35,42). The minimum Gasteiger partial charge on any atom is -0.348 e. The molecule has 3 heterocycles. The van der Waals surface area contributed by atoms with Crippen molar-refractivity contribution in [3.05, 3.63) is 124 Å². The molecule has 10 nitrogen and oxygen atoms in total. The largest absolute Gasteiger partial charge is 0.348 e. The van der Waals surface area contributed by atoms with Gasteiger partial charge in [-0.1, -0.05) is 42.5 Å². The van der Waals surface area contributed by atoms with Crippen molar-refractivity contribution in [1.29, 1.82) is 0 Å². The molecule has 45 heavy (non-hydrogen) atoms. The Morgan fingerprint density at radius 2 is 1.51 bits per heavy atom. The average Bonchev–Trinajstić information content (AvgIpc) is 3.04. The third kappa shape index (κ3) is 6.79. The Morgan fingerprint density at radius 1 is 0.822 bits per heavy atom. The first-order valence-electron chi connectivity index (χ1n) is 14.7. The number of nitrogens with zero attached hydrogens (tertiary/aromatic N) is 5. The van der Waals surface area contributed by atoms with Crippen LogP contribution >= 0.6 is 0 Å². The first-order chi connectivity index (χ1) is 21.7. The summed E-state index contributed by atoms with van der Waals surface area (Å²) in [5.41, 5.74) is 4.17. The van der Waals surface area contributed by atoms with Gasteiger partial charge in [0.2, 0.25) is 5.95 Å². The Labute approximate surface area is 261 Å². The van der Waals surface area contributed by atoms with Crippen LogP contribution in [0.3, 0.4) is 0 Å². The van der Waals surface area contributed by atoms with Gasteiger partial charge < -0.3 is 10.2 Å². The van der Waals surface area contributed by atoms with E-state index < -0.39 is 9.84 Å². The Hall–Kier alpha value is -4.87. The maximum atomic E-state index is 13.2. The second-order valence-electron chi connectivity index (χ2n) is 11.2. The molecule has 0 atom stereocenters. The smallest absolute Gasteiger partial charge is 0.256 e. The number of amides is 1. The molecule has 1 saturated heterocycles. The van der Waals surface area contributed by atoms with Crippen molar-refractivity contribution in [2.24, 2.45) is 0 Å². The number of sulfone groups is 1.